The van der Waals surface area contributed by atoms with Crippen molar-refractivity contribution in [1.29, 1.82) is 0 Å². The number of fused-ring (bicyclic) bond motifs is 2. The molecule has 0 aromatic heterocycles. The number of benzene rings is 1. The molecule has 134 valence electrons. The lowest BCUT2D eigenvalue weighted by molar-refractivity contribution is -0.157. The molecular formula is C18H21NO6. The van der Waals surface area contributed by atoms with E-state index >= 15 is 0 Å². The molecule has 2 bridgehead atoms. The summed E-state index contributed by atoms with van der Waals surface area (Å²) >= 11 is 0. The van der Waals surface area contributed by atoms with Gasteiger partial charge in [-0.3, -0.25) is 9.59 Å². The Morgan fingerprint density at radius 1 is 0.960 bits per heavy atom. The van der Waals surface area contributed by atoms with Gasteiger partial charge in [-0.1, -0.05) is 30.3 Å². The summed E-state index contributed by atoms with van der Waals surface area (Å²) < 4.78 is 15.1. The Kier molecular flexibility index (Phi) is 4.92. The van der Waals surface area contributed by atoms with Crippen LogP contribution in [0.5, 0.6) is 0 Å². The van der Waals surface area contributed by atoms with Crippen LogP contribution in [-0.2, 0) is 30.4 Å². The molecule has 2 aliphatic heterocycles. The van der Waals surface area contributed by atoms with Crippen LogP contribution in [0.1, 0.15) is 18.4 Å². The van der Waals surface area contributed by atoms with E-state index in [9.17, 15) is 14.4 Å². The molecule has 0 saturated carbocycles. The zero-order valence-corrected chi connectivity index (χ0v) is 14.2. The maximum atomic E-state index is 12.6. The van der Waals surface area contributed by atoms with Crippen molar-refractivity contribution in [3.8, 4) is 0 Å². The van der Waals surface area contributed by atoms with Gasteiger partial charge in [0.25, 0.3) is 0 Å². The Hall–Kier alpha value is -2.57. The summed E-state index contributed by atoms with van der Waals surface area (Å²) in [6.45, 7) is 0.140. The van der Waals surface area contributed by atoms with Gasteiger partial charge in [-0.15, -0.1) is 0 Å². The van der Waals surface area contributed by atoms with Crippen LogP contribution >= 0.6 is 0 Å². The third-order valence-electron chi connectivity index (χ3n) is 5.05. The van der Waals surface area contributed by atoms with Crippen molar-refractivity contribution < 1.29 is 28.6 Å². The molecule has 0 N–H and O–H groups in total. The molecule has 2 heterocycles. The van der Waals surface area contributed by atoms with Crippen molar-refractivity contribution in [3.05, 3.63) is 35.9 Å². The van der Waals surface area contributed by atoms with Crippen LogP contribution in [0.4, 0.5) is 4.79 Å². The van der Waals surface area contributed by atoms with Gasteiger partial charge in [-0.05, 0) is 18.4 Å². The van der Waals surface area contributed by atoms with Crippen molar-refractivity contribution in [3.63, 3.8) is 0 Å². The Labute approximate surface area is 145 Å². The van der Waals surface area contributed by atoms with Gasteiger partial charge >= 0.3 is 18.0 Å². The number of hydrogen-bond donors (Lipinski definition) is 0. The summed E-state index contributed by atoms with van der Waals surface area (Å²) in [5, 5.41) is 0. The number of rotatable bonds is 4. The van der Waals surface area contributed by atoms with E-state index in [1.165, 1.54) is 19.1 Å². The van der Waals surface area contributed by atoms with E-state index in [-0.39, 0.29) is 6.61 Å². The largest absolute Gasteiger partial charge is 0.469 e. The molecular weight excluding hydrogens is 326 g/mol. The number of methoxy groups -OCH3 is 2. The maximum absolute atomic E-state index is 12.6. The minimum absolute atomic E-state index is 0.140. The molecule has 7 nitrogen and oxygen atoms in total. The summed E-state index contributed by atoms with van der Waals surface area (Å²) in [5.74, 6) is -2.41. The zero-order valence-electron chi connectivity index (χ0n) is 14.2. The lowest BCUT2D eigenvalue weighted by Crippen LogP contribution is -2.39. The van der Waals surface area contributed by atoms with Crippen LogP contribution in [0, 0.1) is 11.8 Å². The fraction of sp³-hybridized carbons (Fsp3) is 0.500. The second-order valence-electron chi connectivity index (χ2n) is 6.26. The van der Waals surface area contributed by atoms with E-state index < -0.39 is 42.0 Å². The average Bonchev–Trinajstić information content (AvgIpc) is 3.21. The molecule has 0 spiro atoms. The quantitative estimate of drug-likeness (QED) is 0.610. The van der Waals surface area contributed by atoms with Gasteiger partial charge < -0.3 is 19.1 Å². The van der Waals surface area contributed by atoms with Gasteiger partial charge in [0, 0.05) is 12.1 Å². The number of carbonyl (C=O) groups is 3. The van der Waals surface area contributed by atoms with Gasteiger partial charge in [-0.2, -0.15) is 0 Å². The predicted molar refractivity (Wildman–Crippen MR) is 86.3 cm³/mol. The first-order valence-corrected chi connectivity index (χ1v) is 8.23. The van der Waals surface area contributed by atoms with Crippen molar-refractivity contribution in [2.45, 2.75) is 31.5 Å². The SMILES string of the molecule is COC(=O)C1C(C(=O)OC)C2CCC1N2C(=O)OCc1ccccc1. The second kappa shape index (κ2) is 7.13. The van der Waals surface area contributed by atoms with Gasteiger partial charge in [-0.25, -0.2) is 4.79 Å². The third-order valence-corrected chi connectivity index (χ3v) is 5.05. The molecule has 0 radical (unpaired) electrons. The average molecular weight is 347 g/mol. The van der Waals surface area contributed by atoms with Crippen molar-refractivity contribution in [1.82, 2.24) is 4.90 Å². The van der Waals surface area contributed by atoms with E-state index in [2.05, 4.69) is 0 Å². The number of ether oxygens (including phenoxy) is 3. The van der Waals surface area contributed by atoms with Crippen molar-refractivity contribution in [2.75, 3.05) is 14.2 Å². The highest BCUT2D eigenvalue weighted by molar-refractivity contribution is 5.86. The maximum Gasteiger partial charge on any atom is 0.410 e. The summed E-state index contributed by atoms with van der Waals surface area (Å²) in [4.78, 5) is 38.5. The van der Waals surface area contributed by atoms with Crippen molar-refractivity contribution in [2.24, 2.45) is 11.8 Å². The number of carbonyl (C=O) groups excluding carboxylic acids is 3. The smallest absolute Gasteiger partial charge is 0.410 e. The van der Waals surface area contributed by atoms with Crippen molar-refractivity contribution >= 4 is 18.0 Å². The number of hydrogen-bond acceptors (Lipinski definition) is 6. The minimum atomic E-state index is -0.708. The van der Waals surface area contributed by atoms with Crippen LogP contribution in [0.15, 0.2) is 30.3 Å². The van der Waals surface area contributed by atoms with Crippen LogP contribution < -0.4 is 0 Å². The van der Waals surface area contributed by atoms with E-state index in [0.717, 1.165) is 5.56 Å². The van der Waals surface area contributed by atoms with Gasteiger partial charge in [0.15, 0.2) is 0 Å². The van der Waals surface area contributed by atoms with Crippen LogP contribution in [0.2, 0.25) is 0 Å². The first kappa shape index (κ1) is 17.3. The molecule has 25 heavy (non-hydrogen) atoms. The molecule has 1 amide bonds. The Balaban J connectivity index is 1.76. The Morgan fingerprint density at radius 2 is 1.48 bits per heavy atom. The molecule has 1 aromatic carbocycles. The summed E-state index contributed by atoms with van der Waals surface area (Å²) in [7, 11) is 2.56. The first-order valence-electron chi connectivity index (χ1n) is 8.23. The summed E-state index contributed by atoms with van der Waals surface area (Å²) in [5.41, 5.74) is 0.872. The normalized spacial score (nSPS) is 27.0. The lowest BCUT2D eigenvalue weighted by atomic mass is 9.79. The number of amides is 1. The second-order valence-corrected chi connectivity index (χ2v) is 6.26. The molecule has 3 rings (SSSR count). The first-order chi connectivity index (χ1) is 12.1. The van der Waals surface area contributed by atoms with E-state index in [1.807, 2.05) is 30.3 Å². The Morgan fingerprint density at radius 3 is 1.96 bits per heavy atom. The highest BCUT2D eigenvalue weighted by atomic mass is 16.6. The number of nitrogens with zero attached hydrogens (tertiary/aromatic N) is 1. The van der Waals surface area contributed by atoms with Gasteiger partial charge in [0.1, 0.15) is 6.61 Å². The van der Waals surface area contributed by atoms with E-state index in [1.54, 1.807) is 0 Å². The molecule has 2 fully saturated rings. The standard InChI is InChI=1S/C18H21NO6/c1-23-16(20)14-12-8-9-13(15(14)17(21)24-2)19(12)18(22)25-10-11-6-4-3-5-7-11/h3-7,12-15H,8-10H2,1-2H3. The summed E-state index contributed by atoms with van der Waals surface area (Å²) in [6, 6.07) is 8.54. The number of esters is 2. The highest BCUT2D eigenvalue weighted by Crippen LogP contribution is 2.47. The molecule has 2 saturated heterocycles. The predicted octanol–water partition coefficient (Wildman–Crippen LogP) is 1.75. The monoisotopic (exact) mass is 347 g/mol. The van der Waals surface area contributed by atoms with E-state index in [0.29, 0.717) is 12.8 Å². The molecule has 1 aromatic rings. The molecule has 7 heteroatoms. The minimum Gasteiger partial charge on any atom is -0.469 e. The molecule has 2 aliphatic rings. The van der Waals surface area contributed by atoms with Crippen LogP contribution in [-0.4, -0.2) is 49.2 Å². The molecule has 4 atom stereocenters. The van der Waals surface area contributed by atoms with Crippen LogP contribution in [0.3, 0.4) is 0 Å². The third kappa shape index (κ3) is 3.06. The topological polar surface area (TPSA) is 82.1 Å². The Bertz CT molecular complexity index is 631. The highest BCUT2D eigenvalue weighted by Gasteiger charge is 2.61. The van der Waals surface area contributed by atoms with E-state index in [4.69, 9.17) is 14.2 Å². The zero-order chi connectivity index (χ0) is 18.0. The van der Waals surface area contributed by atoms with Gasteiger partial charge in [0.2, 0.25) is 0 Å². The van der Waals surface area contributed by atoms with Gasteiger partial charge in [0.05, 0.1) is 26.1 Å². The van der Waals surface area contributed by atoms with Crippen LogP contribution in [0.25, 0.3) is 0 Å². The molecule has 4 unspecified atom stereocenters. The lowest BCUT2D eigenvalue weighted by Gasteiger charge is -2.24. The summed E-state index contributed by atoms with van der Waals surface area (Å²) in [6.07, 6.45) is 0.758. The fourth-order valence-corrected chi connectivity index (χ4v) is 3.99. The molecule has 0 aliphatic carbocycles. The fourth-order valence-electron chi connectivity index (χ4n) is 3.99.